The number of nitrogens with one attached hydrogen (secondary N) is 2. The largest absolute Gasteiger partial charge is 0.484 e. The van der Waals surface area contributed by atoms with Crippen LogP contribution >= 0.6 is 11.8 Å². The van der Waals surface area contributed by atoms with Gasteiger partial charge in [-0.2, -0.15) is 5.10 Å². The average molecular weight is 414 g/mol. The number of benzene rings is 2. The molecule has 0 fully saturated rings. The predicted octanol–water partition coefficient (Wildman–Crippen LogP) is 3.28. The fourth-order valence-electron chi connectivity index (χ4n) is 2.40. The first-order valence-corrected chi connectivity index (χ1v) is 10.6. The zero-order valence-electron chi connectivity index (χ0n) is 17.0. The summed E-state index contributed by atoms with van der Waals surface area (Å²) in [6, 6.07) is 15.3. The van der Waals surface area contributed by atoms with Crippen molar-refractivity contribution in [3.05, 3.63) is 65.2 Å². The molecule has 0 aliphatic rings. The van der Waals surface area contributed by atoms with E-state index in [4.69, 9.17) is 4.74 Å². The van der Waals surface area contributed by atoms with Crippen LogP contribution in [0, 0.1) is 6.92 Å². The number of nitrogens with zero attached hydrogens (tertiary/aromatic N) is 1. The molecule has 2 aromatic rings. The van der Waals surface area contributed by atoms with Crippen LogP contribution < -0.4 is 15.5 Å². The zero-order valence-corrected chi connectivity index (χ0v) is 17.8. The van der Waals surface area contributed by atoms with Crippen molar-refractivity contribution in [2.75, 3.05) is 12.4 Å². The van der Waals surface area contributed by atoms with Crippen molar-refractivity contribution in [1.29, 1.82) is 0 Å². The lowest BCUT2D eigenvalue weighted by atomic mass is 10.1. The molecule has 2 amide bonds. The Balaban J connectivity index is 1.69. The van der Waals surface area contributed by atoms with Gasteiger partial charge < -0.3 is 10.1 Å². The molecule has 0 saturated carbocycles. The second kappa shape index (κ2) is 11.9. The van der Waals surface area contributed by atoms with E-state index >= 15 is 0 Å². The van der Waals surface area contributed by atoms with Crippen LogP contribution in [0.2, 0.25) is 0 Å². The molecule has 29 heavy (non-hydrogen) atoms. The molecule has 2 aromatic carbocycles. The first kappa shape index (κ1) is 22.5. The third-order valence-electron chi connectivity index (χ3n) is 3.85. The topological polar surface area (TPSA) is 79.8 Å². The minimum Gasteiger partial charge on any atom is -0.484 e. The van der Waals surface area contributed by atoms with Gasteiger partial charge in [-0.05, 0) is 61.7 Å². The monoisotopic (exact) mass is 413 g/mol. The predicted molar refractivity (Wildman–Crippen MR) is 118 cm³/mol. The molecule has 0 aliphatic carbocycles. The van der Waals surface area contributed by atoms with Crippen LogP contribution in [0.5, 0.6) is 5.75 Å². The van der Waals surface area contributed by atoms with Gasteiger partial charge in [0.25, 0.3) is 5.91 Å². The Bertz CT molecular complexity index is 835. The second-order valence-electron chi connectivity index (χ2n) is 6.79. The summed E-state index contributed by atoms with van der Waals surface area (Å²) < 4.78 is 5.43. The Morgan fingerprint density at radius 2 is 1.83 bits per heavy atom. The molecule has 0 aliphatic heterocycles. The van der Waals surface area contributed by atoms with E-state index in [2.05, 4.69) is 34.9 Å². The van der Waals surface area contributed by atoms with Crippen molar-refractivity contribution < 1.29 is 14.3 Å². The summed E-state index contributed by atoms with van der Waals surface area (Å²) in [4.78, 5) is 23.5. The lowest BCUT2D eigenvalue weighted by molar-refractivity contribution is -0.123. The van der Waals surface area contributed by atoms with E-state index < -0.39 is 0 Å². The van der Waals surface area contributed by atoms with E-state index in [1.54, 1.807) is 42.2 Å². The van der Waals surface area contributed by atoms with Crippen molar-refractivity contribution in [2.24, 2.45) is 5.10 Å². The summed E-state index contributed by atoms with van der Waals surface area (Å²) in [6.07, 6.45) is 1.57. The molecule has 0 saturated heterocycles. The number of hydrogen-bond donors (Lipinski definition) is 2. The maximum atomic E-state index is 11.9. The Morgan fingerprint density at radius 1 is 1.10 bits per heavy atom. The van der Waals surface area contributed by atoms with Crippen LogP contribution in [-0.2, 0) is 15.3 Å². The first-order valence-electron chi connectivity index (χ1n) is 9.40. The number of carbonyl (C=O) groups is 2. The molecule has 6 nitrogen and oxygen atoms in total. The highest BCUT2D eigenvalue weighted by atomic mass is 32.2. The Hall–Kier alpha value is -2.80. The highest BCUT2D eigenvalue weighted by Crippen LogP contribution is 2.15. The van der Waals surface area contributed by atoms with Crippen molar-refractivity contribution in [3.8, 4) is 5.75 Å². The van der Waals surface area contributed by atoms with Crippen LogP contribution in [0.25, 0.3) is 0 Å². The van der Waals surface area contributed by atoms with Gasteiger partial charge in [0.15, 0.2) is 6.61 Å². The highest BCUT2D eigenvalue weighted by Gasteiger charge is 2.04. The molecule has 0 atom stereocenters. The average Bonchev–Trinajstić information content (AvgIpc) is 2.68. The van der Waals surface area contributed by atoms with Crippen LogP contribution in [0.3, 0.4) is 0 Å². The zero-order chi connectivity index (χ0) is 21.1. The SMILES string of the molecule is Cc1ccccc1CSCC(=O)N/N=C/c1ccc(OCC(=O)NC(C)C)cc1. The fraction of sp³-hybridized carbons (Fsp3) is 0.318. The van der Waals surface area contributed by atoms with Crippen molar-refractivity contribution in [2.45, 2.75) is 32.6 Å². The smallest absolute Gasteiger partial charge is 0.258 e. The number of hydrazone groups is 1. The van der Waals surface area contributed by atoms with E-state index in [1.165, 1.54) is 11.1 Å². The minimum absolute atomic E-state index is 0.0259. The Kier molecular flexibility index (Phi) is 9.24. The van der Waals surface area contributed by atoms with Gasteiger partial charge in [0.05, 0.1) is 12.0 Å². The van der Waals surface area contributed by atoms with E-state index in [-0.39, 0.29) is 24.5 Å². The quantitative estimate of drug-likeness (QED) is 0.463. The number of ether oxygens (including phenoxy) is 1. The van der Waals surface area contributed by atoms with Gasteiger partial charge in [0.1, 0.15) is 5.75 Å². The summed E-state index contributed by atoms with van der Waals surface area (Å²) >= 11 is 1.55. The normalized spacial score (nSPS) is 10.9. The number of aryl methyl sites for hydroxylation is 1. The van der Waals surface area contributed by atoms with Crippen LogP contribution in [0.4, 0.5) is 0 Å². The standard InChI is InChI=1S/C22H27N3O3S/c1-16(2)24-21(26)13-28-20-10-8-18(9-11-20)12-23-25-22(27)15-29-14-19-7-5-4-6-17(19)3/h4-12,16H,13-15H2,1-3H3,(H,24,26)(H,25,27)/b23-12+. The first-order chi connectivity index (χ1) is 13.9. The number of amides is 2. The summed E-state index contributed by atoms with van der Waals surface area (Å²) in [5.41, 5.74) is 5.81. The molecule has 0 heterocycles. The maximum absolute atomic E-state index is 11.9. The molecular formula is C22H27N3O3S. The van der Waals surface area contributed by atoms with Crippen LogP contribution in [0.1, 0.15) is 30.5 Å². The van der Waals surface area contributed by atoms with Crippen LogP contribution in [-0.4, -0.2) is 36.4 Å². The summed E-state index contributed by atoms with van der Waals surface area (Å²) in [6.45, 7) is 5.83. The lowest BCUT2D eigenvalue weighted by Crippen LogP contribution is -2.34. The molecule has 0 aromatic heterocycles. The molecular weight excluding hydrogens is 386 g/mol. The van der Waals surface area contributed by atoms with Gasteiger partial charge in [0, 0.05) is 11.8 Å². The van der Waals surface area contributed by atoms with Crippen molar-refractivity contribution in [3.63, 3.8) is 0 Å². The molecule has 154 valence electrons. The summed E-state index contributed by atoms with van der Waals surface area (Å²) in [7, 11) is 0. The van der Waals surface area contributed by atoms with Crippen molar-refractivity contribution >= 4 is 29.8 Å². The van der Waals surface area contributed by atoms with Gasteiger partial charge in [-0.15, -0.1) is 11.8 Å². The summed E-state index contributed by atoms with van der Waals surface area (Å²) in [5, 5.41) is 6.74. The van der Waals surface area contributed by atoms with Crippen LogP contribution in [0.15, 0.2) is 53.6 Å². The van der Waals surface area contributed by atoms with Gasteiger partial charge in [-0.3, -0.25) is 9.59 Å². The third-order valence-corrected chi connectivity index (χ3v) is 4.84. The second-order valence-corrected chi connectivity index (χ2v) is 7.78. The van der Waals surface area contributed by atoms with E-state index in [1.807, 2.05) is 26.0 Å². The molecule has 7 heteroatoms. The molecule has 0 spiro atoms. The molecule has 0 bridgehead atoms. The minimum atomic E-state index is -0.159. The van der Waals surface area contributed by atoms with Gasteiger partial charge in [-0.1, -0.05) is 24.3 Å². The highest BCUT2D eigenvalue weighted by molar-refractivity contribution is 7.99. The van der Waals surface area contributed by atoms with E-state index in [9.17, 15) is 9.59 Å². The summed E-state index contributed by atoms with van der Waals surface area (Å²) in [5.74, 6) is 1.43. The van der Waals surface area contributed by atoms with Gasteiger partial charge >= 0.3 is 0 Å². The third kappa shape index (κ3) is 8.83. The van der Waals surface area contributed by atoms with Gasteiger partial charge in [-0.25, -0.2) is 5.43 Å². The lowest BCUT2D eigenvalue weighted by Gasteiger charge is -2.09. The van der Waals surface area contributed by atoms with Gasteiger partial charge in [0.2, 0.25) is 5.91 Å². The number of carbonyl (C=O) groups excluding carboxylic acids is 2. The molecule has 0 unspecified atom stereocenters. The number of hydrogen-bond acceptors (Lipinski definition) is 5. The maximum Gasteiger partial charge on any atom is 0.258 e. The number of thioether (sulfide) groups is 1. The fourth-order valence-corrected chi connectivity index (χ4v) is 3.30. The Labute approximate surface area is 176 Å². The van der Waals surface area contributed by atoms with E-state index in [0.717, 1.165) is 11.3 Å². The molecule has 0 radical (unpaired) electrons. The number of rotatable bonds is 10. The van der Waals surface area contributed by atoms with E-state index in [0.29, 0.717) is 11.5 Å². The molecule has 2 N–H and O–H groups in total. The molecule has 2 rings (SSSR count). The Morgan fingerprint density at radius 3 is 2.52 bits per heavy atom. The van der Waals surface area contributed by atoms with Crippen molar-refractivity contribution in [1.82, 2.24) is 10.7 Å².